The molecule has 128 valence electrons. The van der Waals surface area contributed by atoms with Crippen LogP contribution in [0.5, 0.6) is 0 Å². The van der Waals surface area contributed by atoms with Gasteiger partial charge in [0.1, 0.15) is 0 Å². The van der Waals surface area contributed by atoms with Crippen LogP contribution < -0.4 is 5.32 Å². The van der Waals surface area contributed by atoms with Crippen LogP contribution in [0.15, 0.2) is 42.7 Å². The molecule has 0 saturated carbocycles. The first-order valence-electron chi connectivity index (χ1n) is 7.82. The number of nitrogens with zero attached hydrogens (tertiary/aromatic N) is 2. The molecule has 0 aliphatic rings. The van der Waals surface area contributed by atoms with E-state index in [1.54, 1.807) is 24.5 Å². The van der Waals surface area contributed by atoms with Gasteiger partial charge < -0.3 is 10.4 Å². The van der Waals surface area contributed by atoms with Crippen LogP contribution in [0.3, 0.4) is 0 Å². The highest BCUT2D eigenvalue weighted by molar-refractivity contribution is 6.31. The number of carbonyl (C=O) groups excluding carboxylic acids is 1. The van der Waals surface area contributed by atoms with Gasteiger partial charge in [-0.3, -0.25) is 14.7 Å². The summed E-state index contributed by atoms with van der Waals surface area (Å²) in [5.74, 6) is -0.141. The Bertz CT molecular complexity index is 679. The first-order valence-corrected chi connectivity index (χ1v) is 8.20. The summed E-state index contributed by atoms with van der Waals surface area (Å²) in [4.78, 5) is 18.6. The standard InChI is InChI=1S/C18H22ClN3O2/c1-13-5-6-16(19)10-17(13)21-18(24)14(2)22(8-9-23)12-15-4-3-7-20-11-15/h3-7,10-11,14,23H,8-9,12H2,1-2H3,(H,21,24). The number of aryl methyl sites for hydroxylation is 1. The van der Waals surface area contributed by atoms with Crippen molar-refractivity contribution in [2.75, 3.05) is 18.5 Å². The summed E-state index contributed by atoms with van der Waals surface area (Å²) in [6, 6.07) is 8.78. The molecule has 6 heteroatoms. The number of aliphatic hydroxyl groups excluding tert-OH is 1. The van der Waals surface area contributed by atoms with Crippen molar-refractivity contribution < 1.29 is 9.90 Å². The lowest BCUT2D eigenvalue weighted by Crippen LogP contribution is -2.43. The Morgan fingerprint density at radius 3 is 2.88 bits per heavy atom. The second kappa shape index (κ2) is 8.78. The molecule has 2 aromatic rings. The molecule has 2 rings (SSSR count). The molecule has 0 saturated heterocycles. The predicted octanol–water partition coefficient (Wildman–Crippen LogP) is 2.86. The zero-order valence-electron chi connectivity index (χ0n) is 13.9. The topological polar surface area (TPSA) is 65.5 Å². The second-order valence-corrected chi connectivity index (χ2v) is 6.12. The lowest BCUT2D eigenvalue weighted by molar-refractivity contribution is -0.121. The summed E-state index contributed by atoms with van der Waals surface area (Å²) in [6.45, 7) is 4.66. The van der Waals surface area contributed by atoms with Gasteiger partial charge in [0, 0.05) is 36.2 Å². The van der Waals surface area contributed by atoms with Crippen LogP contribution in [-0.2, 0) is 11.3 Å². The Balaban J connectivity index is 2.09. The van der Waals surface area contributed by atoms with E-state index in [0.29, 0.717) is 23.8 Å². The molecule has 0 bridgehead atoms. The van der Waals surface area contributed by atoms with Gasteiger partial charge in [-0.25, -0.2) is 0 Å². The van der Waals surface area contributed by atoms with E-state index in [4.69, 9.17) is 11.6 Å². The van der Waals surface area contributed by atoms with Crippen molar-refractivity contribution >= 4 is 23.2 Å². The van der Waals surface area contributed by atoms with Crippen LogP contribution in [0, 0.1) is 6.92 Å². The Hall–Kier alpha value is -1.95. The highest BCUT2D eigenvalue weighted by atomic mass is 35.5. The van der Waals surface area contributed by atoms with Crippen molar-refractivity contribution in [2.24, 2.45) is 0 Å². The molecule has 2 N–H and O–H groups in total. The molecule has 1 atom stereocenters. The molecule has 1 unspecified atom stereocenters. The molecule has 24 heavy (non-hydrogen) atoms. The zero-order chi connectivity index (χ0) is 17.5. The number of aliphatic hydroxyl groups is 1. The van der Waals surface area contributed by atoms with E-state index in [1.807, 2.05) is 36.9 Å². The normalized spacial score (nSPS) is 12.2. The van der Waals surface area contributed by atoms with Crippen LogP contribution in [-0.4, -0.2) is 40.1 Å². The second-order valence-electron chi connectivity index (χ2n) is 5.68. The van der Waals surface area contributed by atoms with Crippen molar-refractivity contribution in [1.29, 1.82) is 0 Å². The van der Waals surface area contributed by atoms with Crippen LogP contribution in [0.4, 0.5) is 5.69 Å². The fourth-order valence-electron chi connectivity index (χ4n) is 2.40. The zero-order valence-corrected chi connectivity index (χ0v) is 14.6. The number of rotatable bonds is 7. The molecular formula is C18H22ClN3O2. The third kappa shape index (κ3) is 5.03. The van der Waals surface area contributed by atoms with Gasteiger partial charge in [-0.05, 0) is 43.2 Å². The lowest BCUT2D eigenvalue weighted by Gasteiger charge is -2.27. The molecule has 1 aromatic heterocycles. The van der Waals surface area contributed by atoms with Gasteiger partial charge in [-0.1, -0.05) is 23.7 Å². The van der Waals surface area contributed by atoms with E-state index in [0.717, 1.165) is 11.1 Å². The maximum atomic E-state index is 12.6. The number of carbonyl (C=O) groups is 1. The molecule has 1 heterocycles. The van der Waals surface area contributed by atoms with Crippen molar-refractivity contribution in [2.45, 2.75) is 26.4 Å². The monoisotopic (exact) mass is 347 g/mol. The number of halogens is 1. The Morgan fingerprint density at radius 2 is 2.21 bits per heavy atom. The number of hydrogen-bond acceptors (Lipinski definition) is 4. The highest BCUT2D eigenvalue weighted by Gasteiger charge is 2.21. The Kier molecular flexibility index (Phi) is 6.73. The summed E-state index contributed by atoms with van der Waals surface area (Å²) in [5, 5.41) is 12.8. The predicted molar refractivity (Wildman–Crippen MR) is 96.0 cm³/mol. The van der Waals surface area contributed by atoms with Gasteiger partial charge in [0.2, 0.25) is 5.91 Å². The van der Waals surface area contributed by atoms with Gasteiger partial charge in [-0.2, -0.15) is 0 Å². The number of nitrogens with one attached hydrogen (secondary N) is 1. The summed E-state index contributed by atoms with van der Waals surface area (Å²) in [6.07, 6.45) is 3.47. The summed E-state index contributed by atoms with van der Waals surface area (Å²) < 4.78 is 0. The molecule has 5 nitrogen and oxygen atoms in total. The van der Waals surface area contributed by atoms with Gasteiger partial charge in [0.05, 0.1) is 12.6 Å². The largest absolute Gasteiger partial charge is 0.395 e. The quantitative estimate of drug-likeness (QED) is 0.808. The fourth-order valence-corrected chi connectivity index (χ4v) is 2.57. The molecule has 0 aliphatic carbocycles. The summed E-state index contributed by atoms with van der Waals surface area (Å²) >= 11 is 6.00. The van der Waals surface area contributed by atoms with Crippen LogP contribution in [0.2, 0.25) is 5.02 Å². The third-order valence-electron chi connectivity index (χ3n) is 3.88. The van der Waals surface area contributed by atoms with Crippen LogP contribution in [0.1, 0.15) is 18.1 Å². The highest BCUT2D eigenvalue weighted by Crippen LogP contribution is 2.21. The van der Waals surface area contributed by atoms with Crippen LogP contribution >= 0.6 is 11.6 Å². The lowest BCUT2D eigenvalue weighted by atomic mass is 10.1. The minimum Gasteiger partial charge on any atom is -0.395 e. The van der Waals surface area contributed by atoms with E-state index >= 15 is 0 Å². The number of pyridine rings is 1. The number of anilines is 1. The summed E-state index contributed by atoms with van der Waals surface area (Å²) in [5.41, 5.74) is 2.63. The summed E-state index contributed by atoms with van der Waals surface area (Å²) in [7, 11) is 0. The maximum absolute atomic E-state index is 12.6. The van der Waals surface area contributed by atoms with E-state index < -0.39 is 6.04 Å². The SMILES string of the molecule is Cc1ccc(Cl)cc1NC(=O)C(C)N(CCO)Cc1cccnc1. The van der Waals surface area contributed by atoms with Gasteiger partial charge in [0.25, 0.3) is 0 Å². The first-order chi connectivity index (χ1) is 11.5. The molecule has 1 aromatic carbocycles. The Labute approximate surface area is 147 Å². The van der Waals surface area contributed by atoms with Crippen molar-refractivity contribution in [3.63, 3.8) is 0 Å². The average Bonchev–Trinajstić information content (AvgIpc) is 2.58. The first kappa shape index (κ1) is 18.4. The third-order valence-corrected chi connectivity index (χ3v) is 4.12. The molecular weight excluding hydrogens is 326 g/mol. The van der Waals surface area contributed by atoms with E-state index in [9.17, 15) is 9.90 Å². The average molecular weight is 348 g/mol. The number of benzene rings is 1. The molecule has 0 aliphatic heterocycles. The number of hydrogen-bond donors (Lipinski definition) is 2. The number of aromatic nitrogens is 1. The van der Waals surface area contributed by atoms with E-state index in [2.05, 4.69) is 10.3 Å². The van der Waals surface area contributed by atoms with E-state index in [1.165, 1.54) is 0 Å². The van der Waals surface area contributed by atoms with Gasteiger partial charge in [0.15, 0.2) is 0 Å². The van der Waals surface area contributed by atoms with E-state index in [-0.39, 0.29) is 12.5 Å². The van der Waals surface area contributed by atoms with Gasteiger partial charge in [-0.15, -0.1) is 0 Å². The number of amides is 1. The molecule has 1 amide bonds. The molecule has 0 radical (unpaired) electrons. The van der Waals surface area contributed by atoms with Crippen molar-refractivity contribution in [3.8, 4) is 0 Å². The minimum atomic E-state index is -0.407. The smallest absolute Gasteiger partial charge is 0.241 e. The van der Waals surface area contributed by atoms with Crippen LogP contribution in [0.25, 0.3) is 0 Å². The van der Waals surface area contributed by atoms with Gasteiger partial charge >= 0.3 is 0 Å². The Morgan fingerprint density at radius 1 is 1.42 bits per heavy atom. The fraction of sp³-hybridized carbons (Fsp3) is 0.333. The minimum absolute atomic E-state index is 0.0198. The maximum Gasteiger partial charge on any atom is 0.241 e. The van der Waals surface area contributed by atoms with Crippen molar-refractivity contribution in [1.82, 2.24) is 9.88 Å². The molecule has 0 spiro atoms. The molecule has 0 fully saturated rings. The van der Waals surface area contributed by atoms with Crippen molar-refractivity contribution in [3.05, 3.63) is 58.9 Å².